The van der Waals surface area contributed by atoms with Crippen molar-refractivity contribution in [2.75, 3.05) is 18.0 Å². The maximum Gasteiger partial charge on any atom is 0.264 e. The molecule has 0 radical (unpaired) electrons. The Labute approximate surface area is 241 Å². The van der Waals surface area contributed by atoms with Crippen LogP contribution in [0.1, 0.15) is 38.3 Å². The Bertz CT molecular complexity index is 1430. The number of amides is 2. The predicted molar refractivity (Wildman–Crippen MR) is 158 cm³/mol. The number of hydrogen-bond acceptors (Lipinski definition) is 5. The Hall–Kier alpha value is -3.56. The number of nitrogens with zero attached hydrogens (tertiary/aromatic N) is 2. The Morgan fingerprint density at radius 1 is 1.00 bits per heavy atom. The van der Waals surface area contributed by atoms with Crippen LogP contribution in [0.5, 0.6) is 5.75 Å². The number of halogens is 1. The zero-order chi connectivity index (χ0) is 29.4. The summed E-state index contributed by atoms with van der Waals surface area (Å²) in [4.78, 5) is 28.7. The van der Waals surface area contributed by atoms with Gasteiger partial charge in [0.15, 0.2) is 0 Å². The van der Waals surface area contributed by atoms with E-state index < -0.39 is 28.5 Å². The lowest BCUT2D eigenvalue weighted by Gasteiger charge is -2.33. The standard InChI is InChI=1S/C30H36ClN3O5S/c1-6-28(30(36)32-21(2)3)33(19-23-9-7-12-26(17-23)39-5)29(35)20-34(25-11-8-10-24(31)18-25)40(37,38)27-15-13-22(4)14-16-27/h7-18,21,28H,6,19-20H2,1-5H3,(H,32,36). The molecule has 0 aromatic heterocycles. The predicted octanol–water partition coefficient (Wildman–Crippen LogP) is 5.18. The van der Waals surface area contributed by atoms with Crippen molar-refractivity contribution in [3.05, 3.63) is 88.9 Å². The number of anilines is 1. The van der Waals surface area contributed by atoms with Crippen LogP contribution in [0, 0.1) is 6.92 Å². The maximum absolute atomic E-state index is 14.1. The van der Waals surface area contributed by atoms with Crippen LogP contribution in [0.4, 0.5) is 5.69 Å². The molecule has 40 heavy (non-hydrogen) atoms. The van der Waals surface area contributed by atoms with Crippen LogP contribution in [0.3, 0.4) is 0 Å². The molecule has 1 N–H and O–H groups in total. The van der Waals surface area contributed by atoms with Crippen molar-refractivity contribution in [2.45, 2.75) is 57.6 Å². The van der Waals surface area contributed by atoms with Gasteiger partial charge >= 0.3 is 0 Å². The highest BCUT2D eigenvalue weighted by Crippen LogP contribution is 2.27. The minimum atomic E-state index is -4.16. The number of benzene rings is 3. The normalized spacial score (nSPS) is 12.1. The quantitative estimate of drug-likeness (QED) is 0.316. The molecule has 0 saturated carbocycles. The van der Waals surface area contributed by atoms with Gasteiger partial charge in [-0.2, -0.15) is 0 Å². The number of rotatable bonds is 12. The first-order valence-corrected chi connectivity index (χ1v) is 14.9. The van der Waals surface area contributed by atoms with Crippen LogP contribution in [0.15, 0.2) is 77.7 Å². The summed E-state index contributed by atoms with van der Waals surface area (Å²) >= 11 is 6.22. The van der Waals surface area contributed by atoms with E-state index in [4.69, 9.17) is 16.3 Å². The van der Waals surface area contributed by atoms with E-state index in [0.29, 0.717) is 17.2 Å². The zero-order valence-corrected chi connectivity index (χ0v) is 25.0. The number of carbonyl (C=O) groups excluding carboxylic acids is 2. The molecular formula is C30H36ClN3O5S. The van der Waals surface area contributed by atoms with Crippen molar-refractivity contribution >= 4 is 39.1 Å². The third kappa shape index (κ3) is 7.76. The lowest BCUT2D eigenvalue weighted by Crippen LogP contribution is -2.53. The summed E-state index contributed by atoms with van der Waals surface area (Å²) in [5.74, 6) is -0.249. The highest BCUT2D eigenvalue weighted by molar-refractivity contribution is 7.92. The second-order valence-electron chi connectivity index (χ2n) is 9.77. The van der Waals surface area contributed by atoms with Gasteiger partial charge in [-0.15, -0.1) is 0 Å². The molecule has 8 nitrogen and oxygen atoms in total. The average molecular weight is 586 g/mol. The second kappa shape index (κ2) is 13.7. The van der Waals surface area contributed by atoms with Crippen LogP contribution in [0.25, 0.3) is 0 Å². The third-order valence-corrected chi connectivity index (χ3v) is 8.31. The van der Waals surface area contributed by atoms with Crippen LogP contribution < -0.4 is 14.4 Å². The molecular weight excluding hydrogens is 550 g/mol. The molecule has 0 aliphatic heterocycles. The lowest BCUT2D eigenvalue weighted by atomic mass is 10.1. The summed E-state index contributed by atoms with van der Waals surface area (Å²) in [5.41, 5.74) is 1.87. The molecule has 0 aliphatic carbocycles. The van der Waals surface area contributed by atoms with Crippen molar-refractivity contribution in [1.29, 1.82) is 0 Å². The van der Waals surface area contributed by atoms with Gasteiger partial charge < -0.3 is 15.0 Å². The average Bonchev–Trinajstić information content (AvgIpc) is 2.91. The Kier molecular flexibility index (Phi) is 10.6. The summed E-state index contributed by atoms with van der Waals surface area (Å²) in [6.45, 7) is 6.90. The highest BCUT2D eigenvalue weighted by Gasteiger charge is 2.34. The molecule has 3 rings (SSSR count). The first kappa shape index (κ1) is 31.0. The Morgan fingerprint density at radius 2 is 1.68 bits per heavy atom. The van der Waals surface area contributed by atoms with Gasteiger partial charge in [-0.1, -0.05) is 54.4 Å². The number of aryl methyl sites for hydroxylation is 1. The molecule has 10 heteroatoms. The molecule has 0 bridgehead atoms. The topological polar surface area (TPSA) is 96.0 Å². The lowest BCUT2D eigenvalue weighted by molar-refractivity contribution is -0.140. The third-order valence-electron chi connectivity index (χ3n) is 6.29. The SMILES string of the molecule is CCC(C(=O)NC(C)C)N(Cc1cccc(OC)c1)C(=O)CN(c1cccc(Cl)c1)S(=O)(=O)c1ccc(C)cc1. The number of carbonyl (C=O) groups is 2. The minimum Gasteiger partial charge on any atom is -0.497 e. The largest absolute Gasteiger partial charge is 0.497 e. The number of methoxy groups -OCH3 is 1. The molecule has 3 aromatic rings. The zero-order valence-electron chi connectivity index (χ0n) is 23.4. The smallest absolute Gasteiger partial charge is 0.264 e. The first-order valence-electron chi connectivity index (χ1n) is 13.0. The van der Waals surface area contributed by atoms with Gasteiger partial charge in [0.2, 0.25) is 11.8 Å². The number of sulfonamides is 1. The monoisotopic (exact) mass is 585 g/mol. The van der Waals surface area contributed by atoms with Crippen molar-refractivity contribution < 1.29 is 22.7 Å². The van der Waals surface area contributed by atoms with Gasteiger partial charge in [-0.3, -0.25) is 13.9 Å². The van der Waals surface area contributed by atoms with E-state index in [2.05, 4.69) is 5.32 Å². The molecule has 3 aromatic carbocycles. The van der Waals surface area contributed by atoms with E-state index in [-0.39, 0.29) is 29.1 Å². The summed E-state index contributed by atoms with van der Waals surface area (Å²) in [5, 5.41) is 3.21. The van der Waals surface area contributed by atoms with Crippen molar-refractivity contribution in [1.82, 2.24) is 10.2 Å². The van der Waals surface area contributed by atoms with E-state index in [9.17, 15) is 18.0 Å². The van der Waals surface area contributed by atoms with E-state index in [0.717, 1.165) is 15.4 Å². The van der Waals surface area contributed by atoms with Crippen molar-refractivity contribution in [3.63, 3.8) is 0 Å². The van der Waals surface area contributed by atoms with Crippen molar-refractivity contribution in [2.24, 2.45) is 0 Å². The van der Waals surface area contributed by atoms with Gasteiger partial charge in [0.25, 0.3) is 10.0 Å². The Balaban J connectivity index is 2.07. The number of ether oxygens (including phenoxy) is 1. The molecule has 2 amide bonds. The maximum atomic E-state index is 14.1. The van der Waals surface area contributed by atoms with Crippen molar-refractivity contribution in [3.8, 4) is 5.75 Å². The van der Waals surface area contributed by atoms with Crippen LogP contribution in [-0.2, 0) is 26.2 Å². The van der Waals surface area contributed by atoms with Gasteiger partial charge in [0.05, 0.1) is 17.7 Å². The van der Waals surface area contributed by atoms with Crippen LogP contribution in [-0.4, -0.2) is 50.9 Å². The summed E-state index contributed by atoms with van der Waals surface area (Å²) < 4.78 is 34.2. The number of nitrogens with one attached hydrogen (secondary N) is 1. The van der Waals surface area contributed by atoms with E-state index in [1.165, 1.54) is 23.1 Å². The molecule has 0 fully saturated rings. The first-order chi connectivity index (χ1) is 19.0. The molecule has 0 spiro atoms. The fraction of sp³-hybridized carbons (Fsp3) is 0.333. The second-order valence-corrected chi connectivity index (χ2v) is 12.1. The molecule has 0 heterocycles. The molecule has 1 atom stereocenters. The molecule has 0 saturated heterocycles. The molecule has 1 unspecified atom stereocenters. The highest BCUT2D eigenvalue weighted by atomic mass is 35.5. The minimum absolute atomic E-state index is 0.0369. The Morgan fingerprint density at radius 3 is 2.27 bits per heavy atom. The number of hydrogen-bond donors (Lipinski definition) is 1. The van der Waals surface area contributed by atoms with E-state index in [1.54, 1.807) is 55.6 Å². The van der Waals surface area contributed by atoms with Crippen LogP contribution >= 0.6 is 11.6 Å². The summed E-state index contributed by atoms with van der Waals surface area (Å²) in [6, 6.07) is 19.0. The van der Waals surface area contributed by atoms with Gasteiger partial charge in [-0.05, 0) is 75.2 Å². The van der Waals surface area contributed by atoms with Gasteiger partial charge in [-0.25, -0.2) is 8.42 Å². The summed E-state index contributed by atoms with van der Waals surface area (Å²) in [6.07, 6.45) is 0.330. The van der Waals surface area contributed by atoms with E-state index >= 15 is 0 Å². The van der Waals surface area contributed by atoms with Crippen LogP contribution in [0.2, 0.25) is 5.02 Å². The molecule has 214 valence electrons. The summed E-state index contributed by atoms with van der Waals surface area (Å²) in [7, 11) is -2.62. The van der Waals surface area contributed by atoms with E-state index in [1.807, 2.05) is 33.8 Å². The van der Waals surface area contributed by atoms with Gasteiger partial charge in [0, 0.05) is 17.6 Å². The van der Waals surface area contributed by atoms with Gasteiger partial charge in [0.1, 0.15) is 18.3 Å². The fourth-order valence-corrected chi connectivity index (χ4v) is 5.86. The fourth-order valence-electron chi connectivity index (χ4n) is 4.27. The molecule has 0 aliphatic rings.